The summed E-state index contributed by atoms with van der Waals surface area (Å²) in [5.41, 5.74) is -0.00414. The molecule has 0 amide bonds. The number of carbonyl (C=O) groups excluding carboxylic acids is 1. The van der Waals surface area contributed by atoms with Crippen LogP contribution in [0.3, 0.4) is 0 Å². The van der Waals surface area contributed by atoms with Gasteiger partial charge in [0.25, 0.3) is 0 Å². The number of carbonyl (C=O) groups is 1. The number of esters is 1. The van der Waals surface area contributed by atoms with Crippen molar-refractivity contribution >= 4 is 5.97 Å². The maximum Gasteiger partial charge on any atom is 0.309 e. The Bertz CT molecular complexity index is 198. The van der Waals surface area contributed by atoms with E-state index in [4.69, 9.17) is 9.84 Å². The largest absolute Gasteiger partial charge is 0.469 e. The van der Waals surface area contributed by atoms with Crippen molar-refractivity contribution in [1.82, 2.24) is 0 Å². The van der Waals surface area contributed by atoms with E-state index in [-0.39, 0.29) is 23.9 Å². The van der Waals surface area contributed by atoms with Crippen LogP contribution in [0.5, 0.6) is 0 Å². The second-order valence-electron chi connectivity index (χ2n) is 4.34. The molecule has 13 heavy (non-hydrogen) atoms. The lowest BCUT2D eigenvalue weighted by Gasteiger charge is -2.50. The van der Waals surface area contributed by atoms with Crippen molar-refractivity contribution in [2.45, 2.75) is 26.7 Å². The van der Waals surface area contributed by atoms with Gasteiger partial charge in [-0.3, -0.25) is 4.79 Å². The monoisotopic (exact) mass is 186 g/mol. The van der Waals surface area contributed by atoms with Gasteiger partial charge in [0, 0.05) is 6.61 Å². The van der Waals surface area contributed by atoms with Crippen LogP contribution >= 0.6 is 0 Å². The lowest BCUT2D eigenvalue weighted by atomic mass is 9.54. The van der Waals surface area contributed by atoms with Gasteiger partial charge in [-0.25, -0.2) is 0 Å². The fourth-order valence-electron chi connectivity index (χ4n) is 2.20. The third kappa shape index (κ3) is 1.70. The molecule has 0 saturated heterocycles. The van der Waals surface area contributed by atoms with Gasteiger partial charge in [0.15, 0.2) is 0 Å². The van der Waals surface area contributed by atoms with Crippen LogP contribution in [0.4, 0.5) is 0 Å². The average Bonchev–Trinajstić information content (AvgIpc) is 2.10. The van der Waals surface area contributed by atoms with Crippen molar-refractivity contribution in [3.63, 3.8) is 0 Å². The standard InChI is InChI=1S/C10H18O3/c1-10(2)7(4-5-11)6-8(10)9(12)13-3/h7-8,11H,4-6H2,1-3H3. The fourth-order valence-corrected chi connectivity index (χ4v) is 2.20. The Hall–Kier alpha value is -0.570. The molecular formula is C10H18O3. The highest BCUT2D eigenvalue weighted by molar-refractivity contribution is 5.74. The van der Waals surface area contributed by atoms with Crippen LogP contribution in [0.2, 0.25) is 0 Å². The predicted octanol–water partition coefficient (Wildman–Crippen LogP) is 1.20. The molecule has 0 radical (unpaired) electrons. The van der Waals surface area contributed by atoms with Gasteiger partial charge in [0.05, 0.1) is 13.0 Å². The molecule has 76 valence electrons. The molecule has 3 heteroatoms. The van der Waals surface area contributed by atoms with Crippen molar-refractivity contribution in [2.75, 3.05) is 13.7 Å². The summed E-state index contributed by atoms with van der Waals surface area (Å²) in [7, 11) is 1.43. The zero-order valence-corrected chi connectivity index (χ0v) is 8.54. The third-order valence-corrected chi connectivity index (χ3v) is 3.43. The van der Waals surface area contributed by atoms with Gasteiger partial charge in [-0.05, 0) is 24.2 Å². The van der Waals surface area contributed by atoms with E-state index in [0.29, 0.717) is 5.92 Å². The van der Waals surface area contributed by atoms with Crippen LogP contribution in [0.15, 0.2) is 0 Å². The van der Waals surface area contributed by atoms with Gasteiger partial charge in [-0.2, -0.15) is 0 Å². The fraction of sp³-hybridized carbons (Fsp3) is 0.900. The first-order chi connectivity index (χ1) is 6.04. The summed E-state index contributed by atoms with van der Waals surface area (Å²) in [6.07, 6.45) is 1.65. The Morgan fingerprint density at radius 1 is 1.62 bits per heavy atom. The molecule has 2 atom stereocenters. The molecule has 0 spiro atoms. The first-order valence-corrected chi connectivity index (χ1v) is 4.72. The Balaban J connectivity index is 2.53. The van der Waals surface area contributed by atoms with Gasteiger partial charge >= 0.3 is 5.97 Å². The van der Waals surface area contributed by atoms with Crippen molar-refractivity contribution in [3.05, 3.63) is 0 Å². The topological polar surface area (TPSA) is 46.5 Å². The quantitative estimate of drug-likeness (QED) is 0.674. The van der Waals surface area contributed by atoms with Gasteiger partial charge in [-0.15, -0.1) is 0 Å². The Morgan fingerprint density at radius 3 is 2.62 bits per heavy atom. The van der Waals surface area contributed by atoms with Crippen molar-refractivity contribution in [3.8, 4) is 0 Å². The second-order valence-corrected chi connectivity index (χ2v) is 4.34. The van der Waals surface area contributed by atoms with Crippen LogP contribution in [-0.2, 0) is 9.53 Å². The molecule has 1 aliphatic carbocycles. The van der Waals surface area contributed by atoms with Crippen LogP contribution in [0.25, 0.3) is 0 Å². The molecule has 0 heterocycles. The molecule has 0 bridgehead atoms. The first-order valence-electron chi connectivity index (χ1n) is 4.72. The predicted molar refractivity (Wildman–Crippen MR) is 49.1 cm³/mol. The Labute approximate surface area is 79.1 Å². The van der Waals surface area contributed by atoms with Crippen LogP contribution in [0.1, 0.15) is 26.7 Å². The number of hydrogen-bond donors (Lipinski definition) is 1. The summed E-state index contributed by atoms with van der Waals surface area (Å²) in [6.45, 7) is 4.35. The van der Waals surface area contributed by atoms with E-state index in [9.17, 15) is 4.79 Å². The summed E-state index contributed by atoms with van der Waals surface area (Å²) in [4.78, 5) is 11.3. The van der Waals surface area contributed by atoms with Gasteiger partial charge < -0.3 is 9.84 Å². The lowest BCUT2D eigenvalue weighted by molar-refractivity contribution is -0.163. The highest BCUT2D eigenvalue weighted by Crippen LogP contribution is 2.53. The number of hydrogen-bond acceptors (Lipinski definition) is 3. The second kappa shape index (κ2) is 3.66. The highest BCUT2D eigenvalue weighted by Gasteiger charge is 2.51. The molecule has 0 aromatic rings. The van der Waals surface area contributed by atoms with E-state index in [1.165, 1.54) is 7.11 Å². The molecule has 2 unspecified atom stereocenters. The first kappa shape index (κ1) is 10.5. The SMILES string of the molecule is COC(=O)C1CC(CCO)C1(C)C. The number of ether oxygens (including phenoxy) is 1. The van der Waals surface area contributed by atoms with Gasteiger partial charge in [0.1, 0.15) is 0 Å². The molecule has 0 aromatic carbocycles. The van der Waals surface area contributed by atoms with E-state index < -0.39 is 0 Å². The minimum absolute atomic E-state index is 0.00414. The summed E-state index contributed by atoms with van der Waals surface area (Å²) in [6, 6.07) is 0. The zero-order chi connectivity index (χ0) is 10.1. The highest BCUT2D eigenvalue weighted by atomic mass is 16.5. The van der Waals surface area contributed by atoms with E-state index in [1.807, 2.05) is 0 Å². The van der Waals surface area contributed by atoms with E-state index in [0.717, 1.165) is 12.8 Å². The number of rotatable bonds is 3. The molecule has 1 saturated carbocycles. The molecule has 1 fully saturated rings. The molecule has 1 N–H and O–H groups in total. The number of aliphatic hydroxyl groups is 1. The van der Waals surface area contributed by atoms with E-state index in [2.05, 4.69) is 13.8 Å². The van der Waals surface area contributed by atoms with Crippen molar-refractivity contribution in [2.24, 2.45) is 17.3 Å². The van der Waals surface area contributed by atoms with Gasteiger partial charge in [-0.1, -0.05) is 13.8 Å². The number of aliphatic hydroxyl groups excluding tert-OH is 1. The third-order valence-electron chi connectivity index (χ3n) is 3.43. The molecule has 1 aliphatic rings. The van der Waals surface area contributed by atoms with Crippen LogP contribution in [0, 0.1) is 17.3 Å². The van der Waals surface area contributed by atoms with Crippen molar-refractivity contribution in [1.29, 1.82) is 0 Å². The normalized spacial score (nSPS) is 30.8. The van der Waals surface area contributed by atoms with E-state index >= 15 is 0 Å². The van der Waals surface area contributed by atoms with Crippen LogP contribution in [-0.4, -0.2) is 24.8 Å². The maximum atomic E-state index is 11.3. The summed E-state index contributed by atoms with van der Waals surface area (Å²) in [5, 5.41) is 8.80. The minimum atomic E-state index is -0.112. The zero-order valence-electron chi connectivity index (χ0n) is 8.54. The summed E-state index contributed by atoms with van der Waals surface area (Å²) < 4.78 is 4.71. The molecule has 3 nitrogen and oxygen atoms in total. The lowest BCUT2D eigenvalue weighted by Crippen LogP contribution is -2.49. The van der Waals surface area contributed by atoms with E-state index in [1.54, 1.807) is 0 Å². The summed E-state index contributed by atoms with van der Waals surface area (Å²) >= 11 is 0. The van der Waals surface area contributed by atoms with Crippen LogP contribution < -0.4 is 0 Å². The van der Waals surface area contributed by atoms with Crippen molar-refractivity contribution < 1.29 is 14.6 Å². The Morgan fingerprint density at radius 2 is 2.23 bits per heavy atom. The average molecular weight is 186 g/mol. The maximum absolute atomic E-state index is 11.3. The number of methoxy groups -OCH3 is 1. The molecule has 0 aromatic heterocycles. The minimum Gasteiger partial charge on any atom is -0.469 e. The van der Waals surface area contributed by atoms with Gasteiger partial charge in [0.2, 0.25) is 0 Å². The smallest absolute Gasteiger partial charge is 0.309 e. The molecule has 1 rings (SSSR count). The molecule has 0 aliphatic heterocycles. The summed E-state index contributed by atoms with van der Waals surface area (Å²) in [5.74, 6) is 0.370. The molecular weight excluding hydrogens is 168 g/mol. The Kier molecular flexibility index (Phi) is 2.96.